The average molecular weight is 262 g/mol. The van der Waals surface area contributed by atoms with Gasteiger partial charge in [-0.15, -0.1) is 0 Å². The van der Waals surface area contributed by atoms with Crippen LogP contribution in [0.4, 0.5) is 0 Å². The van der Waals surface area contributed by atoms with Gasteiger partial charge < -0.3 is 9.12 Å². The summed E-state index contributed by atoms with van der Waals surface area (Å²) in [6.07, 6.45) is 3.71. The maximum atomic E-state index is 11.8. The van der Waals surface area contributed by atoms with Crippen molar-refractivity contribution in [3.63, 3.8) is 0 Å². The summed E-state index contributed by atoms with van der Waals surface area (Å²) in [5.41, 5.74) is 2.16. The van der Waals surface area contributed by atoms with Crippen LogP contribution in [0, 0.1) is 0 Å². The van der Waals surface area contributed by atoms with Crippen molar-refractivity contribution < 1.29 is 4.55 Å². The molecule has 1 unspecified atom stereocenters. The molecule has 0 N–H and O–H groups in total. The van der Waals surface area contributed by atoms with Crippen molar-refractivity contribution in [1.82, 2.24) is 4.57 Å². The van der Waals surface area contributed by atoms with Crippen LogP contribution in [-0.4, -0.2) is 20.1 Å². The van der Waals surface area contributed by atoms with Crippen molar-refractivity contribution in [2.75, 3.05) is 0 Å². The van der Waals surface area contributed by atoms with E-state index in [0.29, 0.717) is 0 Å². The molecule has 0 amide bonds. The van der Waals surface area contributed by atoms with E-state index in [9.17, 15) is 4.55 Å². The summed E-state index contributed by atoms with van der Waals surface area (Å²) >= 11 is -1.20. The fraction of sp³-hybridized carbons (Fsp3) is 0.357. The van der Waals surface area contributed by atoms with E-state index in [1.807, 2.05) is 40.1 Å². The summed E-state index contributed by atoms with van der Waals surface area (Å²) in [6, 6.07) is 8.16. The van der Waals surface area contributed by atoms with Crippen molar-refractivity contribution in [2.24, 2.45) is 11.4 Å². The van der Waals surface area contributed by atoms with Crippen LogP contribution in [-0.2, 0) is 18.4 Å². The lowest BCUT2D eigenvalue weighted by molar-refractivity contribution is 0.562. The molecule has 0 aliphatic carbocycles. The molecule has 2 aromatic rings. The van der Waals surface area contributed by atoms with Crippen molar-refractivity contribution in [3.8, 4) is 0 Å². The van der Waals surface area contributed by atoms with Crippen molar-refractivity contribution in [3.05, 3.63) is 36.0 Å². The molecule has 1 aromatic heterocycles. The van der Waals surface area contributed by atoms with Crippen LogP contribution in [0.15, 0.2) is 34.9 Å². The van der Waals surface area contributed by atoms with Crippen molar-refractivity contribution in [2.45, 2.75) is 25.5 Å². The van der Waals surface area contributed by atoms with Crippen LogP contribution in [0.2, 0.25) is 0 Å². The first-order valence-electron chi connectivity index (χ1n) is 5.89. The Labute approximate surface area is 111 Å². The van der Waals surface area contributed by atoms with Gasteiger partial charge in [-0.3, -0.25) is 0 Å². The van der Waals surface area contributed by atoms with Gasteiger partial charge in [0.05, 0.1) is 6.21 Å². The second-order valence-corrected chi connectivity index (χ2v) is 7.27. The minimum absolute atomic E-state index is 0.312. The number of hydrogen-bond donors (Lipinski definition) is 0. The summed E-state index contributed by atoms with van der Waals surface area (Å²) in [5, 5.41) is 1.17. The van der Waals surface area contributed by atoms with E-state index in [1.165, 1.54) is 10.9 Å². The third-order valence-corrected chi connectivity index (χ3v) is 4.08. The molecule has 0 fully saturated rings. The molecule has 2 rings (SSSR count). The molecule has 0 saturated heterocycles. The van der Waals surface area contributed by atoms with Gasteiger partial charge in [0.15, 0.2) is 0 Å². The first-order valence-corrected chi connectivity index (χ1v) is 7.00. The monoisotopic (exact) mass is 262 g/mol. The lowest BCUT2D eigenvalue weighted by Gasteiger charge is -2.17. The molecule has 0 aliphatic heterocycles. The second kappa shape index (κ2) is 4.78. The second-order valence-electron chi connectivity index (χ2n) is 5.34. The SMILES string of the molecule is Cn1ccc2cc(C=N[S+]([O-])C(C)(C)C)ccc21. The highest BCUT2D eigenvalue weighted by Gasteiger charge is 2.25. The molecule has 0 bridgehead atoms. The fourth-order valence-electron chi connectivity index (χ4n) is 1.65. The molecule has 4 heteroatoms. The average Bonchev–Trinajstić information content (AvgIpc) is 2.66. The van der Waals surface area contributed by atoms with Crippen LogP contribution in [0.25, 0.3) is 10.9 Å². The lowest BCUT2D eigenvalue weighted by Crippen LogP contribution is -2.25. The number of aromatic nitrogens is 1. The fourth-order valence-corrected chi connectivity index (χ4v) is 2.18. The number of benzene rings is 1. The van der Waals surface area contributed by atoms with E-state index >= 15 is 0 Å². The Bertz CT molecular complexity index is 581. The normalized spacial score (nSPS) is 14.5. The largest absolute Gasteiger partial charge is 0.591 e. The Morgan fingerprint density at radius 2 is 2.00 bits per heavy atom. The molecule has 0 spiro atoms. The number of aryl methyl sites for hydroxylation is 1. The number of nitrogens with zero attached hydrogens (tertiary/aromatic N) is 2. The van der Waals surface area contributed by atoms with Gasteiger partial charge in [0, 0.05) is 24.1 Å². The quantitative estimate of drug-likeness (QED) is 0.605. The Morgan fingerprint density at radius 3 is 2.67 bits per heavy atom. The Balaban J connectivity index is 2.25. The molecule has 18 heavy (non-hydrogen) atoms. The summed E-state index contributed by atoms with van der Waals surface area (Å²) in [4.78, 5) is 0. The number of hydrogen-bond acceptors (Lipinski definition) is 2. The predicted octanol–water partition coefficient (Wildman–Crippen LogP) is 3.06. The van der Waals surface area contributed by atoms with Gasteiger partial charge in [-0.05, 0) is 44.5 Å². The Morgan fingerprint density at radius 1 is 1.28 bits per heavy atom. The first-order chi connectivity index (χ1) is 8.38. The molecular formula is C14H18N2OS. The van der Waals surface area contributed by atoms with Crippen LogP contribution >= 0.6 is 0 Å². The van der Waals surface area contributed by atoms with E-state index in [1.54, 1.807) is 6.21 Å². The van der Waals surface area contributed by atoms with E-state index in [2.05, 4.69) is 27.2 Å². The lowest BCUT2D eigenvalue weighted by atomic mass is 10.2. The highest BCUT2D eigenvalue weighted by Crippen LogP contribution is 2.18. The highest BCUT2D eigenvalue weighted by atomic mass is 32.2. The third-order valence-electron chi connectivity index (χ3n) is 2.73. The molecule has 1 atom stereocenters. The topological polar surface area (TPSA) is 40.3 Å². The zero-order chi connectivity index (χ0) is 13.3. The molecule has 1 heterocycles. The Hall–Kier alpha value is -1.26. The smallest absolute Gasteiger partial charge is 0.144 e. The van der Waals surface area contributed by atoms with Crippen molar-refractivity contribution >= 4 is 28.5 Å². The van der Waals surface area contributed by atoms with Crippen LogP contribution < -0.4 is 0 Å². The minimum Gasteiger partial charge on any atom is -0.591 e. The highest BCUT2D eigenvalue weighted by molar-refractivity contribution is 7.91. The molecule has 0 radical (unpaired) electrons. The van der Waals surface area contributed by atoms with Gasteiger partial charge in [-0.25, -0.2) is 0 Å². The maximum Gasteiger partial charge on any atom is 0.144 e. The Kier molecular flexibility index (Phi) is 3.50. The van der Waals surface area contributed by atoms with Crippen LogP contribution in [0.5, 0.6) is 0 Å². The van der Waals surface area contributed by atoms with E-state index in [0.717, 1.165) is 5.56 Å². The number of fused-ring (bicyclic) bond motifs is 1. The number of rotatable bonds is 2. The molecule has 1 aromatic carbocycles. The van der Waals surface area contributed by atoms with Gasteiger partial charge in [0.2, 0.25) is 0 Å². The van der Waals surface area contributed by atoms with Gasteiger partial charge in [0.1, 0.15) is 16.1 Å². The van der Waals surface area contributed by atoms with Gasteiger partial charge in [-0.2, -0.15) is 0 Å². The molecular weight excluding hydrogens is 244 g/mol. The van der Waals surface area contributed by atoms with Gasteiger partial charge in [-0.1, -0.05) is 10.5 Å². The molecule has 0 saturated carbocycles. The van der Waals surface area contributed by atoms with E-state index < -0.39 is 11.4 Å². The maximum absolute atomic E-state index is 11.8. The predicted molar refractivity (Wildman–Crippen MR) is 78.4 cm³/mol. The van der Waals surface area contributed by atoms with Crippen molar-refractivity contribution in [1.29, 1.82) is 0 Å². The zero-order valence-electron chi connectivity index (χ0n) is 11.2. The minimum atomic E-state index is -1.20. The standard InChI is InChI=1S/C14H18N2OS/c1-14(2,3)18(17)15-10-11-5-6-13-12(9-11)7-8-16(13)4/h5-10H,1-4H3. The summed E-state index contributed by atoms with van der Waals surface area (Å²) in [7, 11) is 2.02. The first kappa shape index (κ1) is 13.2. The van der Waals surface area contributed by atoms with E-state index in [-0.39, 0.29) is 4.75 Å². The van der Waals surface area contributed by atoms with E-state index in [4.69, 9.17) is 0 Å². The summed E-state index contributed by atoms with van der Waals surface area (Å²) < 4.78 is 17.7. The summed E-state index contributed by atoms with van der Waals surface area (Å²) in [5.74, 6) is 0. The van der Waals surface area contributed by atoms with Gasteiger partial charge in [0.25, 0.3) is 0 Å². The zero-order valence-corrected chi connectivity index (χ0v) is 12.0. The summed E-state index contributed by atoms with van der Waals surface area (Å²) in [6.45, 7) is 5.75. The molecule has 3 nitrogen and oxygen atoms in total. The van der Waals surface area contributed by atoms with Crippen LogP contribution in [0.1, 0.15) is 26.3 Å². The third kappa shape index (κ3) is 2.76. The van der Waals surface area contributed by atoms with Gasteiger partial charge >= 0.3 is 0 Å². The molecule has 0 aliphatic rings. The van der Waals surface area contributed by atoms with Crippen LogP contribution in [0.3, 0.4) is 0 Å². The molecule has 96 valence electrons.